The molecule has 0 spiro atoms. The van der Waals surface area contributed by atoms with Crippen molar-refractivity contribution in [3.05, 3.63) is 64.2 Å². The summed E-state index contributed by atoms with van der Waals surface area (Å²) in [5, 5.41) is 16.2. The number of amides is 2. The van der Waals surface area contributed by atoms with E-state index in [0.717, 1.165) is 4.68 Å². The zero-order valence-electron chi connectivity index (χ0n) is 18.7. The maximum atomic E-state index is 13.5. The quantitative estimate of drug-likeness (QED) is 0.369. The van der Waals surface area contributed by atoms with Gasteiger partial charge in [0.1, 0.15) is 5.69 Å². The van der Waals surface area contributed by atoms with Crippen molar-refractivity contribution in [3.63, 3.8) is 0 Å². The lowest BCUT2D eigenvalue weighted by atomic mass is 10.0. The van der Waals surface area contributed by atoms with Crippen LogP contribution < -0.4 is 10.6 Å². The number of H-pyrrole nitrogens is 1. The van der Waals surface area contributed by atoms with Gasteiger partial charge in [-0.15, -0.1) is 0 Å². The van der Waals surface area contributed by atoms with Crippen molar-refractivity contribution in [2.45, 2.75) is 33.0 Å². The molecule has 4 aromatic rings. The zero-order chi connectivity index (χ0) is 25.5. The smallest absolute Gasteiger partial charge is 0.350 e. The number of benzene rings is 1. The van der Waals surface area contributed by atoms with Crippen LogP contribution >= 0.6 is 11.6 Å². The minimum absolute atomic E-state index is 0.00886. The number of rotatable bonds is 5. The molecule has 3 heterocycles. The normalized spacial score (nSPS) is 11.8. The van der Waals surface area contributed by atoms with E-state index in [1.165, 1.54) is 24.5 Å². The third-order valence-electron chi connectivity index (χ3n) is 4.99. The number of carbonyl (C=O) groups excluding carboxylic acids is 2. The molecule has 4 rings (SSSR count). The monoisotopic (exact) mass is 505 g/mol. The molecule has 0 aliphatic rings. The number of alkyl halides is 3. The number of anilines is 1. The van der Waals surface area contributed by atoms with Crippen LogP contribution in [0.25, 0.3) is 16.7 Å². The molecular formula is C22H19ClF3N7O2. The summed E-state index contributed by atoms with van der Waals surface area (Å²) in [6.07, 6.45) is -2.00. The van der Waals surface area contributed by atoms with Crippen LogP contribution in [0.4, 0.5) is 18.9 Å². The number of hydrogen-bond donors (Lipinski definition) is 3. The van der Waals surface area contributed by atoms with E-state index < -0.39 is 29.4 Å². The Bertz CT molecular complexity index is 1440. The summed E-state index contributed by atoms with van der Waals surface area (Å²) >= 11 is 6.11. The van der Waals surface area contributed by atoms with Crippen molar-refractivity contribution in [2.24, 2.45) is 0 Å². The Morgan fingerprint density at radius 3 is 2.60 bits per heavy atom. The van der Waals surface area contributed by atoms with Crippen LogP contribution in [0.2, 0.25) is 5.02 Å². The molecule has 0 bridgehead atoms. The lowest BCUT2D eigenvalue weighted by molar-refractivity contribution is -0.141. The van der Waals surface area contributed by atoms with Gasteiger partial charge >= 0.3 is 6.18 Å². The first-order valence-corrected chi connectivity index (χ1v) is 10.7. The Kier molecular flexibility index (Phi) is 6.24. The van der Waals surface area contributed by atoms with Crippen molar-refractivity contribution in [1.82, 2.24) is 30.3 Å². The number of carbonyl (C=O) groups is 2. The molecule has 3 N–H and O–H groups in total. The highest BCUT2D eigenvalue weighted by Gasteiger charge is 2.37. The van der Waals surface area contributed by atoms with Gasteiger partial charge < -0.3 is 10.6 Å². The molecule has 13 heteroatoms. The van der Waals surface area contributed by atoms with Crippen LogP contribution in [-0.4, -0.2) is 42.8 Å². The van der Waals surface area contributed by atoms with Crippen molar-refractivity contribution in [1.29, 1.82) is 0 Å². The van der Waals surface area contributed by atoms with Gasteiger partial charge in [-0.1, -0.05) is 11.6 Å². The van der Waals surface area contributed by atoms with Crippen LogP contribution in [0.5, 0.6) is 0 Å². The summed E-state index contributed by atoms with van der Waals surface area (Å²) in [5.74, 6) is -1.60. The fourth-order valence-corrected chi connectivity index (χ4v) is 3.71. The van der Waals surface area contributed by atoms with Gasteiger partial charge in [0.05, 0.1) is 28.0 Å². The topological polar surface area (TPSA) is 118 Å². The molecule has 182 valence electrons. The number of hydrogen-bond acceptors (Lipinski definition) is 5. The van der Waals surface area contributed by atoms with Crippen molar-refractivity contribution in [2.75, 3.05) is 5.32 Å². The van der Waals surface area contributed by atoms with Crippen LogP contribution in [0.1, 0.15) is 46.0 Å². The number of aryl methyl sites for hydroxylation is 1. The number of nitrogens with one attached hydrogen (secondary N) is 3. The molecule has 0 saturated heterocycles. The van der Waals surface area contributed by atoms with E-state index in [9.17, 15) is 22.8 Å². The predicted molar refractivity (Wildman–Crippen MR) is 123 cm³/mol. The SMILES string of the molecule is Cc1cc2cn[nH]c2c(C(=O)NC(C)C)c1NC(=O)c1cc(C(F)(F)F)nn1-c1ncccc1Cl. The number of nitrogens with zero attached hydrogens (tertiary/aromatic N) is 4. The fraction of sp³-hybridized carbons (Fsp3) is 0.227. The second kappa shape index (κ2) is 9.02. The molecule has 35 heavy (non-hydrogen) atoms. The average molecular weight is 506 g/mol. The molecule has 0 saturated carbocycles. The molecule has 1 aromatic carbocycles. The largest absolute Gasteiger partial charge is 0.435 e. The first-order valence-electron chi connectivity index (χ1n) is 10.3. The standard InChI is InChI=1S/C22H19ClF3N7O2/c1-10(2)29-21(35)16-17(11(3)7-12-9-28-31-18(12)16)30-20(34)14-8-15(22(24,25)26)32-33(14)19-13(23)5-4-6-27-19/h4-10H,1-3H3,(H,28,31)(H,29,35)(H,30,34). The second-order valence-corrected chi connectivity index (χ2v) is 8.40. The van der Waals surface area contributed by atoms with E-state index in [0.29, 0.717) is 22.5 Å². The van der Waals surface area contributed by atoms with Crippen molar-refractivity contribution in [3.8, 4) is 5.82 Å². The third-order valence-corrected chi connectivity index (χ3v) is 5.29. The molecule has 0 fully saturated rings. The third kappa shape index (κ3) is 4.69. The lowest BCUT2D eigenvalue weighted by Crippen LogP contribution is -2.31. The van der Waals surface area contributed by atoms with Crippen molar-refractivity contribution < 1.29 is 22.8 Å². The number of halogens is 4. The summed E-state index contributed by atoms with van der Waals surface area (Å²) in [7, 11) is 0. The zero-order valence-corrected chi connectivity index (χ0v) is 19.4. The van der Waals surface area contributed by atoms with Gasteiger partial charge in [0.2, 0.25) is 0 Å². The Hall–Kier alpha value is -3.93. The van der Waals surface area contributed by atoms with E-state index in [-0.39, 0.29) is 28.1 Å². The molecule has 0 radical (unpaired) electrons. The number of aromatic nitrogens is 5. The summed E-state index contributed by atoms with van der Waals surface area (Å²) in [4.78, 5) is 30.3. The number of pyridine rings is 1. The molecule has 0 unspecified atom stereocenters. The molecular weight excluding hydrogens is 487 g/mol. The maximum Gasteiger partial charge on any atom is 0.435 e. The van der Waals surface area contributed by atoms with Crippen LogP contribution in [0.15, 0.2) is 36.7 Å². The first kappa shape index (κ1) is 24.2. The summed E-state index contributed by atoms with van der Waals surface area (Å²) < 4.78 is 41.1. The summed E-state index contributed by atoms with van der Waals surface area (Å²) in [6, 6.07) is 4.96. The van der Waals surface area contributed by atoms with Crippen molar-refractivity contribution >= 4 is 40.0 Å². The van der Waals surface area contributed by atoms with E-state index in [1.54, 1.807) is 26.8 Å². The maximum absolute atomic E-state index is 13.5. The predicted octanol–water partition coefficient (Wildman–Crippen LogP) is 4.51. The highest BCUT2D eigenvalue weighted by Crippen LogP contribution is 2.32. The van der Waals surface area contributed by atoms with Gasteiger partial charge in [-0.2, -0.15) is 23.4 Å². The van der Waals surface area contributed by atoms with Crippen LogP contribution in [0.3, 0.4) is 0 Å². The number of aromatic amines is 1. The highest BCUT2D eigenvalue weighted by atomic mass is 35.5. The molecule has 9 nitrogen and oxygen atoms in total. The van der Waals surface area contributed by atoms with Crippen LogP contribution in [-0.2, 0) is 6.18 Å². The first-order chi connectivity index (χ1) is 16.5. The molecule has 0 aliphatic carbocycles. The molecule has 0 atom stereocenters. The fourth-order valence-electron chi connectivity index (χ4n) is 3.51. The average Bonchev–Trinajstić information content (AvgIpc) is 3.41. The van der Waals surface area contributed by atoms with E-state index >= 15 is 0 Å². The minimum atomic E-state index is -4.82. The van der Waals surface area contributed by atoms with E-state index in [1.807, 2.05) is 0 Å². The molecule has 2 amide bonds. The minimum Gasteiger partial charge on any atom is -0.350 e. The van der Waals surface area contributed by atoms with Gasteiger partial charge in [0.25, 0.3) is 11.8 Å². The van der Waals surface area contributed by atoms with E-state index in [4.69, 9.17) is 11.6 Å². The van der Waals surface area contributed by atoms with Gasteiger partial charge in [-0.25, -0.2) is 9.67 Å². The summed E-state index contributed by atoms with van der Waals surface area (Å²) in [6.45, 7) is 5.19. The second-order valence-electron chi connectivity index (χ2n) is 7.99. The van der Waals surface area contributed by atoms with Crippen LogP contribution in [0, 0.1) is 6.92 Å². The van der Waals surface area contributed by atoms with Gasteiger partial charge in [0, 0.05) is 23.7 Å². The Labute approximate surface area is 201 Å². The van der Waals surface area contributed by atoms with Gasteiger partial charge in [-0.3, -0.25) is 14.7 Å². The Morgan fingerprint density at radius 1 is 1.20 bits per heavy atom. The van der Waals surface area contributed by atoms with Gasteiger partial charge in [-0.05, 0) is 44.5 Å². The molecule has 3 aromatic heterocycles. The Balaban J connectivity index is 1.84. The van der Waals surface area contributed by atoms with E-state index in [2.05, 4.69) is 30.9 Å². The number of fused-ring (bicyclic) bond motifs is 1. The van der Waals surface area contributed by atoms with Gasteiger partial charge in [0.15, 0.2) is 11.5 Å². The highest BCUT2D eigenvalue weighted by molar-refractivity contribution is 6.32. The lowest BCUT2D eigenvalue weighted by Gasteiger charge is -2.17. The molecule has 0 aliphatic heterocycles. The summed E-state index contributed by atoms with van der Waals surface area (Å²) in [5.41, 5.74) is -0.712. The Morgan fingerprint density at radius 2 is 1.94 bits per heavy atom.